The zero-order chi connectivity index (χ0) is 24.2. The zero-order valence-corrected chi connectivity index (χ0v) is 20.2. The summed E-state index contributed by atoms with van der Waals surface area (Å²) in [6.07, 6.45) is 6.13. The van der Waals surface area contributed by atoms with Crippen molar-refractivity contribution in [3.63, 3.8) is 0 Å². The molecule has 3 aromatic carbocycles. The van der Waals surface area contributed by atoms with Gasteiger partial charge in [0.05, 0.1) is 18.8 Å². The molecule has 0 saturated carbocycles. The minimum Gasteiger partial charge on any atom is -0.494 e. The molecule has 4 nitrogen and oxygen atoms in total. The molecule has 0 bridgehead atoms. The summed E-state index contributed by atoms with van der Waals surface area (Å²) in [5.74, 6) is 2.24. The van der Waals surface area contributed by atoms with Gasteiger partial charge in [0.25, 0.3) is 0 Å². The van der Waals surface area contributed by atoms with Crippen LogP contribution in [0, 0.1) is 5.92 Å². The van der Waals surface area contributed by atoms with Crippen molar-refractivity contribution in [2.45, 2.75) is 39.5 Å². The van der Waals surface area contributed by atoms with Gasteiger partial charge in [0.2, 0.25) is 0 Å². The van der Waals surface area contributed by atoms with Gasteiger partial charge in [-0.2, -0.15) is 0 Å². The first-order valence-electron chi connectivity index (χ1n) is 12.0. The van der Waals surface area contributed by atoms with Crippen LogP contribution in [-0.2, 0) is 0 Å². The first-order valence-corrected chi connectivity index (χ1v) is 12.0. The number of benzene rings is 3. The number of esters is 1. The van der Waals surface area contributed by atoms with Crippen molar-refractivity contribution in [1.29, 1.82) is 0 Å². The van der Waals surface area contributed by atoms with Gasteiger partial charge in [-0.15, -0.1) is 6.58 Å². The van der Waals surface area contributed by atoms with Crippen LogP contribution in [0.5, 0.6) is 17.2 Å². The Balaban J connectivity index is 1.51. The molecule has 0 saturated heterocycles. The van der Waals surface area contributed by atoms with Gasteiger partial charge in [0, 0.05) is 0 Å². The molecule has 4 heteroatoms. The van der Waals surface area contributed by atoms with Crippen molar-refractivity contribution in [2.24, 2.45) is 5.92 Å². The number of hydrogen-bond acceptors (Lipinski definition) is 4. The van der Waals surface area contributed by atoms with E-state index in [2.05, 4.69) is 20.4 Å². The van der Waals surface area contributed by atoms with E-state index in [0.29, 0.717) is 30.4 Å². The fourth-order valence-electron chi connectivity index (χ4n) is 3.25. The van der Waals surface area contributed by atoms with E-state index in [9.17, 15) is 4.79 Å². The van der Waals surface area contributed by atoms with Crippen LogP contribution >= 0.6 is 0 Å². The number of carbonyl (C=O) groups is 1. The Morgan fingerprint density at radius 2 is 1.38 bits per heavy atom. The van der Waals surface area contributed by atoms with Gasteiger partial charge in [-0.1, -0.05) is 50.6 Å². The van der Waals surface area contributed by atoms with Crippen LogP contribution in [0.3, 0.4) is 0 Å². The smallest absolute Gasteiger partial charge is 0.343 e. The maximum atomic E-state index is 12.5. The lowest BCUT2D eigenvalue weighted by Gasteiger charge is -2.11. The van der Waals surface area contributed by atoms with Gasteiger partial charge >= 0.3 is 5.97 Å². The highest BCUT2D eigenvalue weighted by molar-refractivity contribution is 5.91. The van der Waals surface area contributed by atoms with E-state index in [1.165, 1.54) is 0 Å². The number of unbranched alkanes of at least 4 members (excludes halogenated alkanes) is 2. The largest absolute Gasteiger partial charge is 0.494 e. The van der Waals surface area contributed by atoms with E-state index in [-0.39, 0.29) is 5.97 Å². The summed E-state index contributed by atoms with van der Waals surface area (Å²) in [6, 6.07) is 22.6. The lowest BCUT2D eigenvalue weighted by molar-refractivity contribution is 0.0734. The lowest BCUT2D eigenvalue weighted by atomic mass is 10.0. The maximum absolute atomic E-state index is 12.5. The standard InChI is InChI=1S/C30H34O4/c1-4-6-7-8-21-32-27-15-13-25(14-16-27)24-9-11-26(12-10-24)30(31)34-29-19-17-28(18-20-29)33-22-23(3)5-2/h4,9-20,23H,1,5-8,21-22H2,2-3H3. The van der Waals surface area contributed by atoms with E-state index in [1.807, 2.05) is 54.6 Å². The van der Waals surface area contributed by atoms with Crippen molar-refractivity contribution in [3.05, 3.63) is 91.0 Å². The van der Waals surface area contributed by atoms with Gasteiger partial charge in [-0.05, 0) is 84.8 Å². The number of hydrogen-bond donors (Lipinski definition) is 0. The van der Waals surface area contributed by atoms with Crippen molar-refractivity contribution < 1.29 is 19.0 Å². The highest BCUT2D eigenvalue weighted by Crippen LogP contribution is 2.24. The quantitative estimate of drug-likeness (QED) is 0.114. The predicted octanol–water partition coefficient (Wildman–Crippen LogP) is 7.73. The maximum Gasteiger partial charge on any atom is 0.343 e. The van der Waals surface area contributed by atoms with Crippen LogP contribution in [0.2, 0.25) is 0 Å². The van der Waals surface area contributed by atoms with Crippen LogP contribution in [0.25, 0.3) is 11.1 Å². The number of allylic oxidation sites excluding steroid dienone is 1. The van der Waals surface area contributed by atoms with Gasteiger partial charge in [0.1, 0.15) is 17.2 Å². The summed E-state index contributed by atoms with van der Waals surface area (Å²) < 4.78 is 17.0. The molecule has 1 atom stereocenters. The fraction of sp³-hybridized carbons (Fsp3) is 0.300. The topological polar surface area (TPSA) is 44.8 Å². The molecule has 0 amide bonds. The Hall–Kier alpha value is -3.53. The molecule has 0 spiro atoms. The Bertz CT molecular complexity index is 1020. The summed E-state index contributed by atoms with van der Waals surface area (Å²) in [4.78, 5) is 12.5. The van der Waals surface area contributed by atoms with Crippen molar-refractivity contribution >= 4 is 5.97 Å². The summed E-state index contributed by atoms with van der Waals surface area (Å²) in [5.41, 5.74) is 2.59. The molecule has 0 aliphatic heterocycles. The van der Waals surface area contributed by atoms with Crippen LogP contribution in [-0.4, -0.2) is 19.2 Å². The molecule has 0 fully saturated rings. The van der Waals surface area contributed by atoms with Crippen LogP contribution in [0.4, 0.5) is 0 Å². The molecular formula is C30H34O4. The van der Waals surface area contributed by atoms with Crippen molar-refractivity contribution in [2.75, 3.05) is 13.2 Å². The molecule has 178 valence electrons. The molecule has 0 N–H and O–H groups in total. The van der Waals surface area contributed by atoms with E-state index in [0.717, 1.165) is 48.3 Å². The number of carbonyl (C=O) groups excluding carboxylic acids is 1. The fourth-order valence-corrected chi connectivity index (χ4v) is 3.25. The second kappa shape index (κ2) is 13.2. The molecule has 0 heterocycles. The summed E-state index contributed by atoms with van der Waals surface area (Å²) in [6.45, 7) is 9.41. The van der Waals surface area contributed by atoms with Gasteiger partial charge in [0.15, 0.2) is 0 Å². The summed E-state index contributed by atoms with van der Waals surface area (Å²) in [7, 11) is 0. The third kappa shape index (κ3) is 7.80. The van der Waals surface area contributed by atoms with E-state index in [4.69, 9.17) is 14.2 Å². The van der Waals surface area contributed by atoms with E-state index < -0.39 is 0 Å². The van der Waals surface area contributed by atoms with Crippen molar-refractivity contribution in [1.82, 2.24) is 0 Å². The monoisotopic (exact) mass is 458 g/mol. The summed E-state index contributed by atoms with van der Waals surface area (Å²) >= 11 is 0. The molecule has 1 unspecified atom stereocenters. The lowest BCUT2D eigenvalue weighted by Crippen LogP contribution is -2.09. The average molecular weight is 459 g/mol. The Kier molecular flexibility index (Phi) is 9.78. The van der Waals surface area contributed by atoms with Gasteiger partial charge < -0.3 is 14.2 Å². The van der Waals surface area contributed by atoms with Crippen LogP contribution in [0.1, 0.15) is 49.9 Å². The SMILES string of the molecule is C=CCCCCOc1ccc(-c2ccc(C(=O)Oc3ccc(OCC(C)CC)cc3)cc2)cc1. The highest BCUT2D eigenvalue weighted by Gasteiger charge is 2.10. The predicted molar refractivity (Wildman–Crippen MR) is 138 cm³/mol. The van der Waals surface area contributed by atoms with Gasteiger partial charge in [-0.25, -0.2) is 4.79 Å². The Morgan fingerprint density at radius 3 is 2.00 bits per heavy atom. The van der Waals surface area contributed by atoms with E-state index in [1.54, 1.807) is 24.3 Å². The second-order valence-electron chi connectivity index (χ2n) is 8.42. The number of ether oxygens (including phenoxy) is 3. The van der Waals surface area contributed by atoms with Gasteiger partial charge in [-0.3, -0.25) is 0 Å². The Morgan fingerprint density at radius 1 is 0.824 bits per heavy atom. The second-order valence-corrected chi connectivity index (χ2v) is 8.42. The molecule has 0 aliphatic rings. The minimum atomic E-state index is -0.389. The molecule has 0 radical (unpaired) electrons. The molecule has 3 rings (SSSR count). The highest BCUT2D eigenvalue weighted by atomic mass is 16.5. The third-order valence-corrected chi connectivity index (χ3v) is 5.65. The third-order valence-electron chi connectivity index (χ3n) is 5.65. The van der Waals surface area contributed by atoms with Crippen molar-refractivity contribution in [3.8, 4) is 28.4 Å². The average Bonchev–Trinajstić information content (AvgIpc) is 2.88. The summed E-state index contributed by atoms with van der Waals surface area (Å²) in [5, 5.41) is 0. The first kappa shape index (κ1) is 25.1. The molecule has 3 aromatic rings. The molecule has 0 aromatic heterocycles. The first-order chi connectivity index (χ1) is 16.6. The normalized spacial score (nSPS) is 11.5. The number of rotatable bonds is 13. The van der Waals surface area contributed by atoms with E-state index >= 15 is 0 Å². The molecular weight excluding hydrogens is 424 g/mol. The zero-order valence-electron chi connectivity index (χ0n) is 20.2. The minimum absolute atomic E-state index is 0.389. The Labute approximate surface area is 203 Å². The molecule has 34 heavy (non-hydrogen) atoms. The molecule has 0 aliphatic carbocycles. The van der Waals surface area contributed by atoms with Crippen LogP contribution in [0.15, 0.2) is 85.5 Å². The van der Waals surface area contributed by atoms with Crippen LogP contribution < -0.4 is 14.2 Å².